The highest BCUT2D eigenvalue weighted by Crippen LogP contribution is 2.74. The van der Waals surface area contributed by atoms with Crippen molar-refractivity contribution >= 4 is 11.9 Å². The Morgan fingerprint density at radius 3 is 2.60 bits per heavy atom. The molecule has 30 heavy (non-hydrogen) atoms. The zero-order valence-electron chi connectivity index (χ0n) is 19.0. The number of carbonyl (C=O) groups excluding carboxylic acids is 2. The van der Waals surface area contributed by atoms with E-state index in [1.165, 1.54) is 25.8 Å². The largest absolute Gasteiger partial charge is 0.462 e. The molecule has 0 radical (unpaired) electrons. The molecule has 0 aromatic rings. The minimum atomic E-state index is -0.286. The van der Waals surface area contributed by atoms with Crippen molar-refractivity contribution in [2.75, 3.05) is 0 Å². The van der Waals surface area contributed by atoms with Crippen LogP contribution in [-0.4, -0.2) is 35.9 Å². The molecular formula is C25H36O5. The molecule has 1 saturated heterocycles. The standard InChI is InChI=1S/C25H36O5/c1-14(28-15(2)26)25-22(30-25)13-21-19-7-6-17-12-18(29-16(3)27)8-10-23(17,4)20(19)9-11-24(21,25)5/h6,14,18-22H,7-13H2,1-5H3/t14-,18+,19+,20-,21-,22+,23+,24+,25+/m1/s1. The molecule has 0 spiro atoms. The van der Waals surface area contributed by atoms with Crippen LogP contribution in [0.5, 0.6) is 0 Å². The number of allylic oxidation sites excluding steroid dienone is 1. The summed E-state index contributed by atoms with van der Waals surface area (Å²) in [6.07, 6.45) is 10.1. The highest BCUT2D eigenvalue weighted by atomic mass is 16.7. The molecule has 4 fully saturated rings. The fourth-order valence-electron chi connectivity index (χ4n) is 8.52. The van der Waals surface area contributed by atoms with Crippen molar-refractivity contribution in [1.29, 1.82) is 0 Å². The second-order valence-electron chi connectivity index (χ2n) is 11.1. The molecule has 5 nitrogen and oxygen atoms in total. The summed E-state index contributed by atoms with van der Waals surface area (Å²) in [6, 6.07) is 0. The lowest BCUT2D eigenvalue weighted by Crippen LogP contribution is -2.55. The van der Waals surface area contributed by atoms with Gasteiger partial charge in [-0.3, -0.25) is 9.59 Å². The fraction of sp³-hybridized carbons (Fsp3) is 0.840. The Balaban J connectivity index is 1.40. The van der Waals surface area contributed by atoms with Gasteiger partial charge in [0.2, 0.25) is 0 Å². The number of hydrogen-bond acceptors (Lipinski definition) is 5. The van der Waals surface area contributed by atoms with Crippen LogP contribution in [0.3, 0.4) is 0 Å². The smallest absolute Gasteiger partial charge is 0.302 e. The van der Waals surface area contributed by atoms with E-state index in [9.17, 15) is 9.59 Å². The molecular weight excluding hydrogens is 380 g/mol. The molecule has 0 N–H and O–H groups in total. The molecule has 9 atom stereocenters. The third-order valence-corrected chi connectivity index (χ3v) is 9.85. The van der Waals surface area contributed by atoms with E-state index in [0.29, 0.717) is 17.8 Å². The van der Waals surface area contributed by atoms with Crippen LogP contribution in [-0.2, 0) is 23.8 Å². The first-order valence-electron chi connectivity index (χ1n) is 11.8. The van der Waals surface area contributed by atoms with Gasteiger partial charge in [0.15, 0.2) is 0 Å². The third-order valence-electron chi connectivity index (χ3n) is 9.85. The summed E-state index contributed by atoms with van der Waals surface area (Å²) < 4.78 is 17.5. The van der Waals surface area contributed by atoms with E-state index in [-0.39, 0.29) is 46.7 Å². The first-order valence-corrected chi connectivity index (χ1v) is 11.8. The molecule has 5 rings (SSSR count). The van der Waals surface area contributed by atoms with Crippen molar-refractivity contribution in [2.24, 2.45) is 28.6 Å². The third kappa shape index (κ3) is 2.63. The molecule has 0 amide bonds. The first kappa shape index (κ1) is 20.5. The normalized spacial score (nSPS) is 49.5. The van der Waals surface area contributed by atoms with E-state index in [2.05, 4.69) is 19.9 Å². The number of esters is 2. The molecule has 0 aromatic carbocycles. The van der Waals surface area contributed by atoms with Crippen molar-refractivity contribution in [3.8, 4) is 0 Å². The minimum Gasteiger partial charge on any atom is -0.462 e. The van der Waals surface area contributed by atoms with Gasteiger partial charge in [0.25, 0.3) is 0 Å². The van der Waals surface area contributed by atoms with E-state index in [1.54, 1.807) is 0 Å². The molecule has 0 aromatic heterocycles. The van der Waals surface area contributed by atoms with Crippen LogP contribution in [0.15, 0.2) is 11.6 Å². The predicted octanol–water partition coefficient (Wildman–Crippen LogP) is 4.58. The Kier molecular flexibility index (Phi) is 4.50. The summed E-state index contributed by atoms with van der Waals surface area (Å²) in [5.41, 5.74) is 1.53. The van der Waals surface area contributed by atoms with Crippen LogP contribution in [0.4, 0.5) is 0 Å². The van der Waals surface area contributed by atoms with Gasteiger partial charge in [-0.1, -0.05) is 25.5 Å². The van der Waals surface area contributed by atoms with Crippen LogP contribution in [0, 0.1) is 28.6 Å². The Hall–Kier alpha value is -1.36. The highest BCUT2D eigenvalue weighted by molar-refractivity contribution is 5.66. The summed E-state index contributed by atoms with van der Waals surface area (Å²) >= 11 is 0. The Morgan fingerprint density at radius 2 is 1.90 bits per heavy atom. The molecule has 5 heteroatoms. The van der Waals surface area contributed by atoms with Crippen molar-refractivity contribution in [1.82, 2.24) is 0 Å². The summed E-state index contributed by atoms with van der Waals surface area (Å²) in [4.78, 5) is 23.1. The van der Waals surface area contributed by atoms with E-state index >= 15 is 0 Å². The van der Waals surface area contributed by atoms with Gasteiger partial charge in [-0.2, -0.15) is 0 Å². The van der Waals surface area contributed by atoms with E-state index < -0.39 is 0 Å². The number of epoxide rings is 1. The number of hydrogen-bond donors (Lipinski definition) is 0. The quantitative estimate of drug-likeness (QED) is 0.383. The van der Waals surface area contributed by atoms with Gasteiger partial charge in [-0.15, -0.1) is 0 Å². The Bertz CT molecular complexity index is 803. The van der Waals surface area contributed by atoms with Crippen LogP contribution in [0.1, 0.15) is 79.6 Å². The van der Waals surface area contributed by atoms with Crippen molar-refractivity contribution in [3.63, 3.8) is 0 Å². The average Bonchev–Trinajstić information content (AvgIpc) is 3.33. The van der Waals surface area contributed by atoms with Crippen LogP contribution >= 0.6 is 0 Å². The molecule has 3 saturated carbocycles. The second kappa shape index (κ2) is 6.57. The Labute approximate surface area is 179 Å². The molecule has 0 unspecified atom stereocenters. The number of rotatable bonds is 3. The van der Waals surface area contributed by atoms with E-state index in [4.69, 9.17) is 14.2 Å². The lowest BCUT2D eigenvalue weighted by Gasteiger charge is -2.58. The van der Waals surface area contributed by atoms with Gasteiger partial charge >= 0.3 is 11.9 Å². The van der Waals surface area contributed by atoms with Gasteiger partial charge in [-0.25, -0.2) is 0 Å². The topological polar surface area (TPSA) is 65.1 Å². The summed E-state index contributed by atoms with van der Waals surface area (Å²) in [6.45, 7) is 9.90. The number of ether oxygens (including phenoxy) is 3. The SMILES string of the molecule is CC(=O)O[C@H]1CC[C@@]2(C)C(=CC[C@H]3[C@H]2CC[C@@]2(C)[C@@H]3C[C@@H]3O[C@@]32[C@@H](C)OC(C)=O)C1. The number of fused-ring (bicyclic) bond motifs is 7. The molecule has 0 bridgehead atoms. The molecule has 4 aliphatic carbocycles. The maximum Gasteiger partial charge on any atom is 0.302 e. The van der Waals surface area contributed by atoms with E-state index in [1.807, 2.05) is 6.92 Å². The molecule has 5 aliphatic rings. The second-order valence-corrected chi connectivity index (χ2v) is 11.1. The van der Waals surface area contributed by atoms with E-state index in [0.717, 1.165) is 38.5 Å². The van der Waals surface area contributed by atoms with Gasteiger partial charge in [0.05, 0.1) is 6.10 Å². The van der Waals surface area contributed by atoms with Crippen LogP contribution in [0.25, 0.3) is 0 Å². The average molecular weight is 417 g/mol. The lowest BCUT2D eigenvalue weighted by atomic mass is 9.47. The summed E-state index contributed by atoms with van der Waals surface area (Å²) in [5.74, 6) is 1.60. The van der Waals surface area contributed by atoms with Crippen molar-refractivity contribution in [2.45, 2.75) is 103 Å². The first-order chi connectivity index (χ1) is 14.1. The van der Waals surface area contributed by atoms with Gasteiger partial charge in [0.1, 0.15) is 17.8 Å². The van der Waals surface area contributed by atoms with Crippen LogP contribution < -0.4 is 0 Å². The fourth-order valence-corrected chi connectivity index (χ4v) is 8.52. The maximum absolute atomic E-state index is 11.6. The van der Waals surface area contributed by atoms with Crippen molar-refractivity contribution < 1.29 is 23.8 Å². The molecule has 1 aliphatic heterocycles. The minimum absolute atomic E-state index is 0.0487. The monoisotopic (exact) mass is 416 g/mol. The molecule has 166 valence electrons. The van der Waals surface area contributed by atoms with Gasteiger partial charge < -0.3 is 14.2 Å². The summed E-state index contributed by atoms with van der Waals surface area (Å²) in [7, 11) is 0. The Morgan fingerprint density at radius 1 is 1.13 bits per heavy atom. The number of carbonyl (C=O) groups is 2. The summed E-state index contributed by atoms with van der Waals surface area (Å²) in [5, 5.41) is 0. The maximum atomic E-state index is 11.6. The van der Waals surface area contributed by atoms with Gasteiger partial charge in [0, 0.05) is 25.7 Å². The zero-order valence-corrected chi connectivity index (χ0v) is 19.0. The van der Waals surface area contributed by atoms with Crippen molar-refractivity contribution in [3.05, 3.63) is 11.6 Å². The van der Waals surface area contributed by atoms with Crippen LogP contribution in [0.2, 0.25) is 0 Å². The highest BCUT2D eigenvalue weighted by Gasteiger charge is 2.79. The lowest BCUT2D eigenvalue weighted by molar-refractivity contribution is -0.159. The molecule has 1 heterocycles. The van der Waals surface area contributed by atoms with Gasteiger partial charge in [-0.05, 0) is 68.6 Å². The zero-order chi connectivity index (χ0) is 21.5. The predicted molar refractivity (Wildman–Crippen MR) is 111 cm³/mol.